The zero-order valence-corrected chi connectivity index (χ0v) is 19.5. The maximum Gasteiger partial charge on any atom is 0.339 e. The zero-order chi connectivity index (χ0) is 26.3. The molecular formula is C22H34O14. The van der Waals surface area contributed by atoms with Gasteiger partial charge in [0.25, 0.3) is 0 Å². The van der Waals surface area contributed by atoms with E-state index in [9.17, 15) is 45.6 Å². The predicted octanol–water partition coefficient (Wildman–Crippen LogP) is -3.95. The Labute approximate surface area is 206 Å². The van der Waals surface area contributed by atoms with Crippen LogP contribution in [0.1, 0.15) is 19.8 Å². The van der Waals surface area contributed by atoms with Crippen LogP contribution in [0.3, 0.4) is 0 Å². The Balaban J connectivity index is 1.47. The van der Waals surface area contributed by atoms with E-state index in [1.54, 1.807) is 0 Å². The number of fused-ring (bicyclic) bond motifs is 1. The van der Waals surface area contributed by atoms with Crippen molar-refractivity contribution < 1.29 is 69.3 Å². The number of hydrogen-bond acceptors (Lipinski definition) is 14. The molecule has 4 rings (SSSR count). The molecule has 0 aromatic heterocycles. The minimum atomic E-state index is -1.75. The molecule has 0 spiro atoms. The summed E-state index contributed by atoms with van der Waals surface area (Å²) in [6.45, 7) is 0.625. The van der Waals surface area contributed by atoms with E-state index in [4.69, 9.17) is 23.7 Å². The van der Waals surface area contributed by atoms with Crippen molar-refractivity contribution in [1.29, 1.82) is 0 Å². The van der Waals surface area contributed by atoms with Crippen molar-refractivity contribution in [2.24, 2.45) is 17.8 Å². The van der Waals surface area contributed by atoms with Gasteiger partial charge in [-0.15, -0.1) is 0 Å². The quantitative estimate of drug-likeness (QED) is 0.156. The molecule has 0 radical (unpaired) electrons. The van der Waals surface area contributed by atoms with Gasteiger partial charge >= 0.3 is 5.97 Å². The fraction of sp³-hybridized carbons (Fsp3) is 0.864. The van der Waals surface area contributed by atoms with Crippen molar-refractivity contribution in [3.8, 4) is 0 Å². The number of carbonyl (C=O) groups excluding carboxylic acids is 1. The van der Waals surface area contributed by atoms with Crippen LogP contribution in [0.25, 0.3) is 0 Å². The standard InChI is InChI=1S/C22H34O14/c1-7-2-3-8-9(19(31)35-21-17(29)15(27)13(25)10(4-23)33-21)6-32-20(12(7)8)36-22-18(30)16(28)14(26)11(5-24)34-22/h6-8,10-18,20-30H,2-5H2,1H3/t7-,8-,10-,11+,12-,13-,14-,15+,16+,17+,18+,20+,21+,22+/m1/s1. The van der Waals surface area contributed by atoms with Crippen molar-refractivity contribution in [1.82, 2.24) is 0 Å². The lowest BCUT2D eigenvalue weighted by Crippen LogP contribution is -2.60. The highest BCUT2D eigenvalue weighted by Crippen LogP contribution is 2.47. The molecule has 14 heteroatoms. The molecule has 3 aliphatic heterocycles. The fourth-order valence-corrected chi connectivity index (χ4v) is 5.34. The van der Waals surface area contributed by atoms with Crippen LogP contribution in [-0.2, 0) is 28.5 Å². The van der Waals surface area contributed by atoms with E-state index in [-0.39, 0.29) is 11.5 Å². The van der Waals surface area contributed by atoms with Gasteiger partial charge in [-0.25, -0.2) is 4.79 Å². The van der Waals surface area contributed by atoms with Gasteiger partial charge in [-0.05, 0) is 18.8 Å². The van der Waals surface area contributed by atoms with Crippen LogP contribution in [0.5, 0.6) is 0 Å². The second-order valence-electron chi connectivity index (χ2n) is 9.75. The third-order valence-corrected chi connectivity index (χ3v) is 7.52. The summed E-state index contributed by atoms with van der Waals surface area (Å²) in [5.74, 6) is -1.72. The van der Waals surface area contributed by atoms with Gasteiger partial charge < -0.3 is 64.5 Å². The molecule has 8 N–H and O–H groups in total. The number of hydrogen-bond donors (Lipinski definition) is 8. The topological polar surface area (TPSA) is 225 Å². The Kier molecular flexibility index (Phi) is 8.53. The van der Waals surface area contributed by atoms with Crippen LogP contribution in [0.15, 0.2) is 11.8 Å². The summed E-state index contributed by atoms with van der Waals surface area (Å²) < 4.78 is 27.4. The first kappa shape index (κ1) is 27.6. The van der Waals surface area contributed by atoms with Crippen molar-refractivity contribution in [3.05, 3.63) is 11.8 Å². The molecule has 2 saturated heterocycles. The van der Waals surface area contributed by atoms with Crippen LogP contribution < -0.4 is 0 Å². The molecule has 14 nitrogen and oxygen atoms in total. The Morgan fingerprint density at radius 1 is 0.833 bits per heavy atom. The van der Waals surface area contributed by atoms with Gasteiger partial charge in [0, 0.05) is 11.8 Å². The Morgan fingerprint density at radius 2 is 1.39 bits per heavy atom. The van der Waals surface area contributed by atoms with Crippen molar-refractivity contribution in [3.63, 3.8) is 0 Å². The van der Waals surface area contributed by atoms with Gasteiger partial charge in [0.15, 0.2) is 6.29 Å². The predicted molar refractivity (Wildman–Crippen MR) is 113 cm³/mol. The highest BCUT2D eigenvalue weighted by Gasteiger charge is 2.52. The van der Waals surface area contributed by atoms with E-state index in [0.29, 0.717) is 12.8 Å². The maximum absolute atomic E-state index is 13.0. The average molecular weight is 523 g/mol. The Morgan fingerprint density at radius 3 is 1.97 bits per heavy atom. The van der Waals surface area contributed by atoms with Crippen LogP contribution in [-0.4, -0.2) is 128 Å². The number of carbonyl (C=O) groups is 1. The molecule has 0 unspecified atom stereocenters. The summed E-state index contributed by atoms with van der Waals surface area (Å²) in [5, 5.41) is 79.1. The van der Waals surface area contributed by atoms with E-state index in [2.05, 4.69) is 0 Å². The van der Waals surface area contributed by atoms with Gasteiger partial charge in [-0.3, -0.25) is 0 Å². The fourth-order valence-electron chi connectivity index (χ4n) is 5.34. The first-order valence-corrected chi connectivity index (χ1v) is 11.9. The molecule has 1 saturated carbocycles. The first-order chi connectivity index (χ1) is 17.1. The van der Waals surface area contributed by atoms with Crippen molar-refractivity contribution in [2.45, 2.75) is 87.5 Å². The van der Waals surface area contributed by atoms with Crippen molar-refractivity contribution >= 4 is 5.97 Å². The molecule has 206 valence electrons. The summed E-state index contributed by atoms with van der Waals surface area (Å²) in [6.07, 6.45) is -13.9. The number of ether oxygens (including phenoxy) is 5. The van der Waals surface area contributed by atoms with Gasteiger partial charge in [0.05, 0.1) is 25.0 Å². The van der Waals surface area contributed by atoms with E-state index < -0.39 is 98.7 Å². The summed E-state index contributed by atoms with van der Waals surface area (Å²) in [6, 6.07) is 0. The normalized spacial score (nSPS) is 49.1. The summed E-state index contributed by atoms with van der Waals surface area (Å²) in [5.41, 5.74) is 0.120. The average Bonchev–Trinajstić information content (AvgIpc) is 3.26. The van der Waals surface area contributed by atoms with Gasteiger partial charge in [0.2, 0.25) is 12.6 Å². The number of aliphatic hydroxyl groups excluding tert-OH is 8. The lowest BCUT2D eigenvalue weighted by Gasteiger charge is -2.43. The van der Waals surface area contributed by atoms with Gasteiger partial charge in [0.1, 0.15) is 48.8 Å². The molecule has 0 bridgehead atoms. The van der Waals surface area contributed by atoms with Gasteiger partial charge in [-0.2, -0.15) is 0 Å². The lowest BCUT2D eigenvalue weighted by molar-refractivity contribution is -0.342. The summed E-state index contributed by atoms with van der Waals surface area (Å²) >= 11 is 0. The largest absolute Gasteiger partial charge is 0.472 e. The van der Waals surface area contributed by atoms with Crippen molar-refractivity contribution in [2.75, 3.05) is 13.2 Å². The Bertz CT molecular complexity index is 804. The monoisotopic (exact) mass is 522 g/mol. The summed E-state index contributed by atoms with van der Waals surface area (Å²) in [7, 11) is 0. The highest BCUT2D eigenvalue weighted by atomic mass is 16.8. The first-order valence-electron chi connectivity index (χ1n) is 11.9. The number of esters is 1. The molecule has 36 heavy (non-hydrogen) atoms. The third kappa shape index (κ3) is 5.00. The number of aliphatic hydroxyl groups is 8. The zero-order valence-electron chi connectivity index (χ0n) is 19.5. The lowest BCUT2D eigenvalue weighted by atomic mass is 9.83. The molecule has 0 amide bonds. The highest BCUT2D eigenvalue weighted by molar-refractivity contribution is 5.89. The molecule has 3 heterocycles. The second kappa shape index (κ2) is 11.1. The van der Waals surface area contributed by atoms with E-state index >= 15 is 0 Å². The maximum atomic E-state index is 13.0. The molecule has 14 atom stereocenters. The minimum absolute atomic E-state index is 0.00588. The SMILES string of the molecule is C[C@@H]1CC[C@@H]2C(C(=O)O[C@@H]3O[C@H](CO)[C@@H](O)[C@H](O)[C@@H]3O)=CO[C@@H](O[C@@H]3O[C@@H](CO)[C@@H](O)[C@H](O)[C@@H]3O)[C@H]12. The van der Waals surface area contributed by atoms with Crippen LogP contribution in [0, 0.1) is 17.8 Å². The van der Waals surface area contributed by atoms with Crippen LogP contribution >= 0.6 is 0 Å². The van der Waals surface area contributed by atoms with Crippen LogP contribution in [0.4, 0.5) is 0 Å². The van der Waals surface area contributed by atoms with E-state index in [1.807, 2.05) is 6.92 Å². The van der Waals surface area contributed by atoms with Crippen LogP contribution in [0.2, 0.25) is 0 Å². The molecule has 0 aromatic carbocycles. The van der Waals surface area contributed by atoms with E-state index in [0.717, 1.165) is 6.26 Å². The van der Waals surface area contributed by atoms with E-state index in [1.165, 1.54) is 0 Å². The number of rotatable bonds is 6. The molecule has 1 aliphatic carbocycles. The molecular weight excluding hydrogens is 488 g/mol. The minimum Gasteiger partial charge on any atom is -0.472 e. The molecule has 3 fully saturated rings. The molecule has 4 aliphatic rings. The van der Waals surface area contributed by atoms with Gasteiger partial charge in [-0.1, -0.05) is 6.92 Å². The molecule has 0 aromatic rings. The third-order valence-electron chi connectivity index (χ3n) is 7.52. The smallest absolute Gasteiger partial charge is 0.339 e. The Hall–Kier alpha value is -1.43. The second-order valence-corrected chi connectivity index (χ2v) is 9.75. The summed E-state index contributed by atoms with van der Waals surface area (Å²) in [4.78, 5) is 13.0.